The zero-order valence-corrected chi connectivity index (χ0v) is 11.8. The summed E-state index contributed by atoms with van der Waals surface area (Å²) in [6, 6.07) is 0. The molecule has 1 unspecified atom stereocenters. The van der Waals surface area contributed by atoms with Gasteiger partial charge in [-0.3, -0.25) is 4.79 Å². The van der Waals surface area contributed by atoms with E-state index in [0.29, 0.717) is 35.8 Å². The van der Waals surface area contributed by atoms with E-state index in [0.717, 1.165) is 11.1 Å². The van der Waals surface area contributed by atoms with Gasteiger partial charge in [-0.2, -0.15) is 0 Å². The lowest BCUT2D eigenvalue weighted by Crippen LogP contribution is -2.33. The van der Waals surface area contributed by atoms with E-state index in [9.17, 15) is 4.79 Å². The molecule has 0 spiro atoms. The van der Waals surface area contributed by atoms with Crippen molar-refractivity contribution in [1.82, 2.24) is 5.32 Å². The van der Waals surface area contributed by atoms with Crippen LogP contribution in [0.2, 0.25) is 0 Å². The van der Waals surface area contributed by atoms with E-state index in [1.54, 1.807) is 14.2 Å². The summed E-state index contributed by atoms with van der Waals surface area (Å²) in [5.41, 5.74) is 2.26. The molecule has 0 radical (unpaired) electrons. The minimum absolute atomic E-state index is 0.0991. The van der Waals surface area contributed by atoms with E-state index in [4.69, 9.17) is 14.0 Å². The first-order valence-corrected chi connectivity index (χ1v) is 6.05. The van der Waals surface area contributed by atoms with Gasteiger partial charge in [0.25, 0.3) is 5.91 Å². The van der Waals surface area contributed by atoms with Crippen molar-refractivity contribution >= 4 is 15.4 Å². The Kier molecular flexibility index (Phi) is 3.62. The molecule has 0 aromatic heterocycles. The Balaban J connectivity index is 2.80. The van der Waals surface area contributed by atoms with Gasteiger partial charge in [0.15, 0.2) is 11.5 Å². The van der Waals surface area contributed by atoms with Crippen molar-refractivity contribution < 1.29 is 18.8 Å². The van der Waals surface area contributed by atoms with E-state index in [2.05, 4.69) is 14.8 Å². The number of carbonyl (C=O) groups excluding carboxylic acids is 1. The molecular formula is C12H16NO4P. The van der Waals surface area contributed by atoms with Crippen LogP contribution in [0.1, 0.15) is 21.5 Å². The third kappa shape index (κ3) is 1.79. The molecule has 1 aliphatic rings. The lowest BCUT2D eigenvalue weighted by atomic mass is 9.93. The smallest absolute Gasteiger partial charge is 0.252 e. The maximum atomic E-state index is 12.0. The van der Waals surface area contributed by atoms with Gasteiger partial charge in [-0.05, 0) is 13.3 Å². The Morgan fingerprint density at radius 3 is 2.39 bits per heavy atom. The summed E-state index contributed by atoms with van der Waals surface area (Å²) >= 11 is 0. The van der Waals surface area contributed by atoms with Gasteiger partial charge in [-0.25, -0.2) is 0 Å². The number of hydrogen-bond donors (Lipinski definition) is 1. The van der Waals surface area contributed by atoms with Crippen LogP contribution in [0.4, 0.5) is 0 Å². The first-order chi connectivity index (χ1) is 8.65. The zero-order valence-electron chi connectivity index (χ0n) is 10.6. The van der Waals surface area contributed by atoms with Gasteiger partial charge in [0.05, 0.1) is 29.2 Å². The molecule has 1 atom stereocenters. The van der Waals surface area contributed by atoms with E-state index in [-0.39, 0.29) is 5.91 Å². The van der Waals surface area contributed by atoms with E-state index >= 15 is 0 Å². The molecule has 1 amide bonds. The number of carbonyl (C=O) groups is 1. The van der Waals surface area contributed by atoms with Crippen LogP contribution in [0.5, 0.6) is 17.2 Å². The van der Waals surface area contributed by atoms with Crippen LogP contribution in [-0.2, 0) is 6.42 Å². The van der Waals surface area contributed by atoms with Crippen LogP contribution in [0.3, 0.4) is 0 Å². The molecule has 18 heavy (non-hydrogen) atoms. The fourth-order valence-corrected chi connectivity index (χ4v) is 2.60. The van der Waals surface area contributed by atoms with Crippen molar-refractivity contribution in [1.29, 1.82) is 0 Å². The second-order valence-corrected chi connectivity index (χ2v) is 4.23. The fourth-order valence-electron chi connectivity index (χ4n) is 2.35. The summed E-state index contributed by atoms with van der Waals surface area (Å²) in [7, 11) is 5.29. The third-order valence-electron chi connectivity index (χ3n) is 3.12. The van der Waals surface area contributed by atoms with Crippen molar-refractivity contribution in [3.8, 4) is 17.2 Å². The Bertz CT molecular complexity index is 502. The maximum absolute atomic E-state index is 12.0. The maximum Gasteiger partial charge on any atom is 0.252 e. The number of hydrogen-bond acceptors (Lipinski definition) is 4. The number of methoxy groups -OCH3 is 2. The highest BCUT2D eigenvalue weighted by molar-refractivity contribution is 7.10. The predicted octanol–water partition coefficient (Wildman–Crippen LogP) is 1.47. The van der Waals surface area contributed by atoms with Gasteiger partial charge < -0.3 is 19.3 Å². The highest BCUT2D eigenvalue weighted by Gasteiger charge is 2.29. The molecule has 2 rings (SSSR count). The molecular weight excluding hydrogens is 253 g/mol. The summed E-state index contributed by atoms with van der Waals surface area (Å²) in [6.07, 6.45) is 0.714. The van der Waals surface area contributed by atoms with Crippen molar-refractivity contribution in [3.63, 3.8) is 0 Å². The summed E-state index contributed by atoms with van der Waals surface area (Å²) in [5.74, 6) is 1.51. The largest absolute Gasteiger partial charge is 0.492 e. The average molecular weight is 269 g/mol. The van der Waals surface area contributed by atoms with E-state index < -0.39 is 0 Å². The second kappa shape index (κ2) is 5.02. The summed E-state index contributed by atoms with van der Waals surface area (Å²) in [4.78, 5) is 12.0. The van der Waals surface area contributed by atoms with Crippen LogP contribution in [0, 0.1) is 6.92 Å². The number of rotatable bonds is 3. The van der Waals surface area contributed by atoms with E-state index in [1.165, 1.54) is 0 Å². The van der Waals surface area contributed by atoms with Crippen molar-refractivity contribution in [2.24, 2.45) is 0 Å². The minimum Gasteiger partial charge on any atom is -0.492 e. The predicted molar refractivity (Wildman–Crippen MR) is 70.7 cm³/mol. The van der Waals surface area contributed by atoms with Gasteiger partial charge in [0, 0.05) is 17.7 Å². The highest BCUT2D eigenvalue weighted by Crippen LogP contribution is 2.46. The summed E-state index contributed by atoms with van der Waals surface area (Å²) in [5, 5.41) is 2.82. The molecule has 98 valence electrons. The standard InChI is InChI=1S/C12H16NO4P/c1-6-8-7(4-5-13-12(8)14)10(17-18)11(16-3)9(6)15-2/h4-5,18H2,1-3H3,(H,13,14). The lowest BCUT2D eigenvalue weighted by molar-refractivity contribution is 0.0944. The molecule has 0 bridgehead atoms. The van der Waals surface area contributed by atoms with Crippen LogP contribution in [0.15, 0.2) is 0 Å². The molecule has 1 heterocycles. The molecule has 0 aliphatic carbocycles. The molecule has 0 saturated carbocycles. The van der Waals surface area contributed by atoms with Crippen LogP contribution in [-0.4, -0.2) is 26.7 Å². The molecule has 1 aliphatic heterocycles. The average Bonchev–Trinajstić information content (AvgIpc) is 2.38. The number of fused-ring (bicyclic) bond motifs is 1. The van der Waals surface area contributed by atoms with Crippen LogP contribution >= 0.6 is 9.47 Å². The first kappa shape index (κ1) is 13.0. The Hall–Kier alpha value is -1.48. The third-order valence-corrected chi connectivity index (χ3v) is 3.35. The minimum atomic E-state index is -0.0991. The number of nitrogens with one attached hydrogen (secondary N) is 1. The number of amides is 1. The second-order valence-electron chi connectivity index (χ2n) is 4.00. The lowest BCUT2D eigenvalue weighted by Gasteiger charge is -2.24. The Morgan fingerprint density at radius 2 is 1.83 bits per heavy atom. The van der Waals surface area contributed by atoms with Gasteiger partial charge in [-0.15, -0.1) is 0 Å². The normalized spacial score (nSPS) is 13.7. The van der Waals surface area contributed by atoms with Gasteiger partial charge in [0.1, 0.15) is 0 Å². The molecule has 1 aromatic rings. The Morgan fingerprint density at radius 1 is 1.17 bits per heavy atom. The molecule has 1 aromatic carbocycles. The fraction of sp³-hybridized carbons (Fsp3) is 0.417. The Labute approximate surface area is 108 Å². The van der Waals surface area contributed by atoms with Gasteiger partial charge >= 0.3 is 0 Å². The van der Waals surface area contributed by atoms with Gasteiger partial charge in [0.2, 0.25) is 5.75 Å². The molecule has 1 N–H and O–H groups in total. The molecule has 5 nitrogen and oxygen atoms in total. The molecule has 0 fully saturated rings. The topological polar surface area (TPSA) is 56.8 Å². The van der Waals surface area contributed by atoms with Crippen LogP contribution < -0.4 is 19.3 Å². The summed E-state index contributed by atoms with van der Waals surface area (Å²) < 4.78 is 16.0. The highest BCUT2D eigenvalue weighted by atomic mass is 31.0. The molecule has 0 saturated heterocycles. The quantitative estimate of drug-likeness (QED) is 0.844. The van der Waals surface area contributed by atoms with Gasteiger partial charge in [-0.1, -0.05) is 0 Å². The van der Waals surface area contributed by atoms with Crippen molar-refractivity contribution in [2.45, 2.75) is 13.3 Å². The SMILES string of the molecule is COc1c(C)c2c(c(OP)c1OC)CCNC2=O. The first-order valence-electron chi connectivity index (χ1n) is 5.58. The summed E-state index contributed by atoms with van der Waals surface area (Å²) in [6.45, 7) is 2.44. The zero-order chi connectivity index (χ0) is 13.3. The number of benzene rings is 1. The van der Waals surface area contributed by atoms with E-state index in [1.807, 2.05) is 6.92 Å². The van der Waals surface area contributed by atoms with Crippen molar-refractivity contribution in [3.05, 3.63) is 16.7 Å². The monoisotopic (exact) mass is 269 g/mol. The number of ether oxygens (including phenoxy) is 2. The van der Waals surface area contributed by atoms with Crippen molar-refractivity contribution in [2.75, 3.05) is 20.8 Å². The molecule has 6 heteroatoms. The van der Waals surface area contributed by atoms with Crippen LogP contribution in [0.25, 0.3) is 0 Å².